The predicted molar refractivity (Wildman–Crippen MR) is 282 cm³/mol. The van der Waals surface area contributed by atoms with E-state index in [1.165, 1.54) is 128 Å². The Morgan fingerprint density at radius 2 is 0.714 bits per heavy atom. The van der Waals surface area contributed by atoms with Crippen LogP contribution in [-0.4, -0.2) is 36.2 Å². The first-order valence-electron chi connectivity index (χ1n) is 23.0. The Morgan fingerprint density at radius 3 is 1.08 bits per heavy atom. The van der Waals surface area contributed by atoms with E-state index in [4.69, 9.17) is 0 Å². The summed E-state index contributed by atoms with van der Waals surface area (Å²) in [6.07, 6.45) is 5.71. The number of nitrogens with zero attached hydrogens (tertiary/aromatic N) is 4. The average Bonchev–Trinajstić information content (AvgIpc) is 3.82. The van der Waals surface area contributed by atoms with Crippen LogP contribution in [0.1, 0.15) is 168 Å². The van der Waals surface area contributed by atoms with Crippen molar-refractivity contribution in [3.63, 3.8) is 0 Å². The topological polar surface area (TPSA) is 40.3 Å². The summed E-state index contributed by atoms with van der Waals surface area (Å²) in [4.78, 5) is 0. The molecule has 0 unspecified atom stereocenters. The maximum atomic E-state index is 4.53. The molecular weight excluding hydrogens is 765 g/mol. The molecule has 0 saturated heterocycles. The minimum absolute atomic E-state index is 0.977. The van der Waals surface area contributed by atoms with Crippen LogP contribution in [0.25, 0.3) is 6.08 Å². The number of hydrogen-bond donors (Lipinski definition) is 0. The molecule has 0 saturated carbocycles. The maximum Gasteiger partial charge on any atom is 0.0677 e. The van der Waals surface area contributed by atoms with Gasteiger partial charge in [0, 0.05) is 30.9 Å². The summed E-state index contributed by atoms with van der Waals surface area (Å²) in [6.45, 7) is 54.2. The molecule has 2 aliphatic carbocycles. The average molecular weight is 849 g/mol. The van der Waals surface area contributed by atoms with Gasteiger partial charge in [-0.3, -0.25) is 0 Å². The van der Waals surface area contributed by atoms with Crippen molar-refractivity contribution in [2.75, 3.05) is 14.1 Å². The van der Waals surface area contributed by atoms with E-state index in [-0.39, 0.29) is 0 Å². The van der Waals surface area contributed by atoms with Gasteiger partial charge in [-0.1, -0.05) is 23.8 Å². The van der Waals surface area contributed by atoms with E-state index in [0.29, 0.717) is 0 Å². The molecule has 0 amide bonds. The van der Waals surface area contributed by atoms with Crippen LogP contribution in [0.3, 0.4) is 0 Å². The van der Waals surface area contributed by atoms with Crippen LogP contribution in [0.5, 0.6) is 0 Å². The minimum atomic E-state index is 0.977. The Labute approximate surface area is 385 Å². The zero-order chi connectivity index (χ0) is 48.3. The molecule has 0 aromatic heterocycles. The number of allylic oxidation sites excluding steroid dienone is 2. The van der Waals surface area contributed by atoms with E-state index in [1.54, 1.807) is 16.7 Å². The third-order valence-corrected chi connectivity index (χ3v) is 15.0. The van der Waals surface area contributed by atoms with Crippen LogP contribution >= 0.6 is 0 Å². The predicted octanol–water partition coefficient (Wildman–Crippen LogP) is 15.4. The summed E-state index contributed by atoms with van der Waals surface area (Å²) < 4.78 is 0. The van der Waals surface area contributed by atoms with Crippen molar-refractivity contribution in [2.24, 2.45) is 15.3 Å². The second-order valence-corrected chi connectivity index (χ2v) is 19.4. The summed E-state index contributed by atoms with van der Waals surface area (Å²) in [7, 11) is 3.92. The lowest BCUT2D eigenvalue weighted by Gasteiger charge is -2.19. The minimum Gasteiger partial charge on any atom is -0.303 e. The molecule has 340 valence electrons. The molecule has 0 atom stereocenters. The zero-order valence-corrected chi connectivity index (χ0v) is 44.7. The molecule has 0 spiro atoms. The molecule has 0 radical (unpaired) electrons. The van der Waals surface area contributed by atoms with Crippen molar-refractivity contribution in [1.82, 2.24) is 5.01 Å². The van der Waals surface area contributed by atoms with Gasteiger partial charge in [0.25, 0.3) is 0 Å². The highest BCUT2D eigenvalue weighted by atomic mass is 15.4. The molecule has 0 fully saturated rings. The number of fused-ring (bicyclic) bond motifs is 2. The summed E-state index contributed by atoms with van der Waals surface area (Å²) in [6, 6.07) is 0. The quantitative estimate of drug-likeness (QED) is 0.115. The number of hydrazone groups is 1. The first-order chi connectivity index (χ1) is 29.1. The largest absolute Gasteiger partial charge is 0.303 e. The van der Waals surface area contributed by atoms with Gasteiger partial charge in [-0.15, -0.1) is 0 Å². The summed E-state index contributed by atoms with van der Waals surface area (Å²) in [5.41, 5.74) is 40.1. The van der Waals surface area contributed by atoms with Crippen LogP contribution in [0.15, 0.2) is 33.0 Å². The highest BCUT2D eigenvalue weighted by Crippen LogP contribution is 2.36. The first kappa shape index (κ1) is 52.5. The van der Waals surface area contributed by atoms with Crippen molar-refractivity contribution in [3.05, 3.63) is 151 Å². The molecular formula is C59H84N4. The Hall–Kier alpha value is -4.83. The summed E-state index contributed by atoms with van der Waals surface area (Å²) >= 11 is 0. The van der Waals surface area contributed by atoms with Crippen LogP contribution in [0, 0.1) is 125 Å². The van der Waals surface area contributed by atoms with E-state index in [1.807, 2.05) is 39.9 Å². The molecule has 0 N–H and O–H groups in total. The third kappa shape index (κ3) is 11.3. The van der Waals surface area contributed by atoms with E-state index >= 15 is 0 Å². The molecule has 6 rings (SSSR count). The Morgan fingerprint density at radius 1 is 0.397 bits per heavy atom. The fraction of sp³-hybridized carbons (Fsp3) is 0.475. The van der Waals surface area contributed by atoms with E-state index < -0.39 is 0 Å². The van der Waals surface area contributed by atoms with Crippen molar-refractivity contribution in [1.29, 1.82) is 0 Å². The lowest BCUT2D eigenvalue weighted by atomic mass is 9.88. The van der Waals surface area contributed by atoms with Gasteiger partial charge >= 0.3 is 0 Å². The summed E-state index contributed by atoms with van der Waals surface area (Å²) in [5.74, 6) is 0. The van der Waals surface area contributed by atoms with Gasteiger partial charge in [-0.05, 0) is 301 Å². The Kier molecular flexibility index (Phi) is 17.7. The molecule has 4 heteroatoms. The molecule has 4 nitrogen and oxygen atoms in total. The number of benzene rings is 4. The van der Waals surface area contributed by atoms with Gasteiger partial charge in [0.15, 0.2) is 0 Å². The monoisotopic (exact) mass is 849 g/mol. The van der Waals surface area contributed by atoms with Crippen molar-refractivity contribution < 1.29 is 0 Å². The van der Waals surface area contributed by atoms with Crippen molar-refractivity contribution in [2.45, 2.75) is 179 Å². The van der Waals surface area contributed by atoms with Gasteiger partial charge in [0.05, 0.1) is 11.4 Å². The lowest BCUT2D eigenvalue weighted by Crippen LogP contribution is -2.12. The fourth-order valence-electron chi connectivity index (χ4n) is 9.59. The first-order valence-corrected chi connectivity index (χ1v) is 23.0. The second kappa shape index (κ2) is 21.2. The lowest BCUT2D eigenvalue weighted by molar-refractivity contribution is 0.437. The fourth-order valence-corrected chi connectivity index (χ4v) is 9.59. The van der Waals surface area contributed by atoms with Crippen molar-refractivity contribution in [3.8, 4) is 0 Å². The zero-order valence-electron chi connectivity index (χ0n) is 44.7. The van der Waals surface area contributed by atoms with Crippen LogP contribution in [-0.2, 0) is 19.3 Å². The third-order valence-electron chi connectivity index (χ3n) is 15.0. The second-order valence-electron chi connectivity index (χ2n) is 19.4. The van der Waals surface area contributed by atoms with E-state index in [2.05, 4.69) is 166 Å². The number of hydrogen-bond acceptors (Lipinski definition) is 4. The van der Waals surface area contributed by atoms with Gasteiger partial charge in [-0.2, -0.15) is 15.3 Å². The van der Waals surface area contributed by atoms with Gasteiger partial charge < -0.3 is 5.01 Å². The van der Waals surface area contributed by atoms with Gasteiger partial charge in [0.2, 0.25) is 0 Å². The van der Waals surface area contributed by atoms with Crippen molar-refractivity contribution >= 4 is 23.2 Å². The standard InChI is InChI=1S/C16H24N2.C15H24N2.2C14H18/c1-9(2)17-18-15(8)16-13(6)11(4)10(3)12(5)14(16)7;1-9-10(2)12(4)15(13(5)11(9)3)14(6)16-17(7)8;2*1-8-6-13-11(4)9(2)10(3)12(5)14(13)7-8/h1-8H3;1-8H3;6H,7H2,1-5H3;1,6-7H2,2-5H3/b18-15+;16-14+;;. The van der Waals surface area contributed by atoms with Crippen LogP contribution < -0.4 is 0 Å². The maximum absolute atomic E-state index is 4.53. The van der Waals surface area contributed by atoms with Crippen LogP contribution in [0.4, 0.5) is 0 Å². The van der Waals surface area contributed by atoms with E-state index in [0.717, 1.165) is 36.4 Å². The molecule has 0 aliphatic heterocycles. The highest BCUT2D eigenvalue weighted by molar-refractivity contribution is 6.02. The molecule has 4 aromatic carbocycles. The SMILES string of the molecule is C/C(=N\N(C)C)c1c(C)c(C)c(C)c(C)c1C.C=C1Cc2c(C)c(C)c(C)c(C)c2C1.CC(C)=N/N=C(\C)c1c(C)c(C)c(C)c(C)c1C.CC1=Cc2c(C)c(C)c(C)c(C)c2C1. The summed E-state index contributed by atoms with van der Waals surface area (Å²) in [5, 5.41) is 14.9. The Balaban J connectivity index is 0.000000225. The van der Waals surface area contributed by atoms with Gasteiger partial charge in [-0.25, -0.2) is 0 Å². The molecule has 0 bridgehead atoms. The highest BCUT2D eigenvalue weighted by Gasteiger charge is 2.22. The number of rotatable bonds is 4. The van der Waals surface area contributed by atoms with E-state index in [9.17, 15) is 0 Å². The molecule has 63 heavy (non-hydrogen) atoms. The Bertz CT molecular complexity index is 2480. The molecule has 0 heterocycles. The van der Waals surface area contributed by atoms with Crippen LogP contribution in [0.2, 0.25) is 0 Å². The molecule has 2 aliphatic rings. The molecule has 4 aromatic rings. The smallest absolute Gasteiger partial charge is 0.0677 e. The van der Waals surface area contributed by atoms with Gasteiger partial charge in [0.1, 0.15) is 0 Å². The normalized spacial score (nSPS) is 13.0.